The molecule has 0 aliphatic rings. The van der Waals surface area contributed by atoms with Gasteiger partial charge in [0.2, 0.25) is 0 Å². The Morgan fingerprint density at radius 1 is 1.05 bits per heavy atom. The molecule has 4 heteroatoms. The summed E-state index contributed by atoms with van der Waals surface area (Å²) in [7, 11) is 0. The van der Waals surface area contributed by atoms with Crippen molar-refractivity contribution in [3.8, 4) is 0 Å². The fraction of sp³-hybridized carbons (Fsp3) is 0.235. The molecule has 0 radical (unpaired) electrons. The molecular weight excluding hydrogens is 377 g/mol. The summed E-state index contributed by atoms with van der Waals surface area (Å²) in [4.78, 5) is 11.0. The minimum absolute atomic E-state index is 0.0669. The van der Waals surface area contributed by atoms with Crippen LogP contribution >= 0.6 is 22.6 Å². The monoisotopic (exact) mass is 395 g/mol. The second-order valence-corrected chi connectivity index (χ2v) is 6.24. The van der Waals surface area contributed by atoms with E-state index in [0.717, 1.165) is 17.5 Å². The highest BCUT2D eigenvalue weighted by Crippen LogP contribution is 2.11. The maximum atomic E-state index is 11.0. The molecule has 110 valence electrons. The average molecular weight is 395 g/mol. The summed E-state index contributed by atoms with van der Waals surface area (Å²) in [5.41, 5.74) is 2.32. The smallest absolute Gasteiger partial charge is 0.304 e. The Morgan fingerprint density at radius 3 is 2.33 bits per heavy atom. The first-order valence-electron chi connectivity index (χ1n) is 6.87. The van der Waals surface area contributed by atoms with Gasteiger partial charge in [-0.3, -0.25) is 4.79 Å². The van der Waals surface area contributed by atoms with Crippen LogP contribution in [0.5, 0.6) is 0 Å². The van der Waals surface area contributed by atoms with Gasteiger partial charge in [-0.25, -0.2) is 0 Å². The van der Waals surface area contributed by atoms with Crippen LogP contribution in [0.15, 0.2) is 54.6 Å². The lowest BCUT2D eigenvalue weighted by atomic mass is 10.0. The van der Waals surface area contributed by atoms with Crippen LogP contribution in [0, 0.1) is 3.57 Å². The predicted molar refractivity (Wildman–Crippen MR) is 92.2 cm³/mol. The number of hydrogen-bond donors (Lipinski definition) is 2. The molecule has 0 unspecified atom stereocenters. The molecule has 0 heterocycles. The largest absolute Gasteiger partial charge is 0.481 e. The number of carbonyl (C=O) groups is 1. The van der Waals surface area contributed by atoms with Crippen LogP contribution in [0.1, 0.15) is 17.5 Å². The zero-order valence-corrected chi connectivity index (χ0v) is 13.8. The van der Waals surface area contributed by atoms with Crippen LogP contribution < -0.4 is 5.32 Å². The lowest BCUT2D eigenvalue weighted by molar-refractivity contribution is -0.137. The molecule has 0 saturated carbocycles. The molecule has 0 saturated heterocycles. The van der Waals surface area contributed by atoms with E-state index in [1.807, 2.05) is 42.5 Å². The zero-order valence-electron chi connectivity index (χ0n) is 11.6. The van der Waals surface area contributed by atoms with Gasteiger partial charge in [-0.05, 0) is 52.3 Å². The van der Waals surface area contributed by atoms with Crippen molar-refractivity contribution < 1.29 is 9.90 Å². The van der Waals surface area contributed by atoms with E-state index in [-0.39, 0.29) is 12.5 Å². The van der Waals surface area contributed by atoms with Crippen molar-refractivity contribution in [2.45, 2.75) is 25.4 Å². The summed E-state index contributed by atoms with van der Waals surface area (Å²) in [5, 5.41) is 12.4. The molecule has 0 aliphatic heterocycles. The van der Waals surface area contributed by atoms with Crippen LogP contribution in [-0.2, 0) is 17.8 Å². The maximum absolute atomic E-state index is 11.0. The molecule has 3 nitrogen and oxygen atoms in total. The van der Waals surface area contributed by atoms with Gasteiger partial charge in [0, 0.05) is 16.2 Å². The SMILES string of the molecule is O=C(O)C[C@H](Cc1ccc(I)cc1)NCc1ccccc1. The van der Waals surface area contributed by atoms with E-state index in [2.05, 4.69) is 40.0 Å². The maximum Gasteiger partial charge on any atom is 0.304 e. The molecule has 0 spiro atoms. The van der Waals surface area contributed by atoms with Gasteiger partial charge in [-0.15, -0.1) is 0 Å². The first kappa shape index (κ1) is 16.0. The van der Waals surface area contributed by atoms with Gasteiger partial charge in [-0.1, -0.05) is 42.5 Å². The quantitative estimate of drug-likeness (QED) is 0.706. The van der Waals surface area contributed by atoms with Gasteiger partial charge in [-0.2, -0.15) is 0 Å². The fourth-order valence-electron chi connectivity index (χ4n) is 2.19. The topological polar surface area (TPSA) is 49.3 Å². The van der Waals surface area contributed by atoms with Crippen LogP contribution in [0.4, 0.5) is 0 Å². The highest BCUT2D eigenvalue weighted by molar-refractivity contribution is 14.1. The third-order valence-corrected chi connectivity index (χ3v) is 3.97. The molecule has 0 amide bonds. The van der Waals surface area contributed by atoms with Gasteiger partial charge in [0.15, 0.2) is 0 Å². The number of aliphatic carboxylic acids is 1. The van der Waals surface area contributed by atoms with Gasteiger partial charge in [0.05, 0.1) is 6.42 Å². The number of carboxylic acids is 1. The van der Waals surface area contributed by atoms with Gasteiger partial charge >= 0.3 is 5.97 Å². The summed E-state index contributed by atoms with van der Waals surface area (Å²) in [6.07, 6.45) is 0.842. The lowest BCUT2D eigenvalue weighted by Crippen LogP contribution is -2.33. The summed E-state index contributed by atoms with van der Waals surface area (Å²) >= 11 is 2.26. The minimum atomic E-state index is -0.772. The van der Waals surface area contributed by atoms with Crippen LogP contribution in [0.3, 0.4) is 0 Å². The van der Waals surface area contributed by atoms with Crippen LogP contribution in [-0.4, -0.2) is 17.1 Å². The Kier molecular flexibility index (Phi) is 6.20. The van der Waals surface area contributed by atoms with Crippen molar-refractivity contribution in [3.63, 3.8) is 0 Å². The Hall–Kier alpha value is -1.40. The predicted octanol–water partition coefficient (Wildman–Crippen LogP) is 3.47. The Morgan fingerprint density at radius 2 is 1.71 bits per heavy atom. The third-order valence-electron chi connectivity index (χ3n) is 3.25. The highest BCUT2D eigenvalue weighted by Gasteiger charge is 2.13. The summed E-state index contributed by atoms with van der Waals surface area (Å²) < 4.78 is 1.18. The van der Waals surface area contributed by atoms with E-state index < -0.39 is 5.97 Å². The Labute approximate surface area is 138 Å². The van der Waals surface area contributed by atoms with E-state index in [4.69, 9.17) is 5.11 Å². The fourth-order valence-corrected chi connectivity index (χ4v) is 2.55. The molecule has 0 aromatic heterocycles. The highest BCUT2D eigenvalue weighted by atomic mass is 127. The molecule has 0 bridgehead atoms. The van der Waals surface area contributed by atoms with E-state index in [9.17, 15) is 4.79 Å². The van der Waals surface area contributed by atoms with E-state index in [0.29, 0.717) is 6.54 Å². The summed E-state index contributed by atoms with van der Waals surface area (Å²) in [6, 6.07) is 18.2. The minimum Gasteiger partial charge on any atom is -0.481 e. The molecule has 2 N–H and O–H groups in total. The molecule has 21 heavy (non-hydrogen) atoms. The number of hydrogen-bond acceptors (Lipinski definition) is 2. The molecule has 2 rings (SSSR count). The van der Waals surface area contributed by atoms with Crippen molar-refractivity contribution in [1.82, 2.24) is 5.32 Å². The molecule has 1 atom stereocenters. The molecular formula is C17H18INO2. The normalized spacial score (nSPS) is 12.0. The van der Waals surface area contributed by atoms with Crippen molar-refractivity contribution in [2.24, 2.45) is 0 Å². The van der Waals surface area contributed by atoms with Crippen LogP contribution in [0.2, 0.25) is 0 Å². The number of rotatable bonds is 7. The lowest BCUT2D eigenvalue weighted by Gasteiger charge is -2.17. The van der Waals surface area contributed by atoms with Crippen molar-refractivity contribution in [3.05, 3.63) is 69.3 Å². The molecule has 0 fully saturated rings. The van der Waals surface area contributed by atoms with Crippen molar-refractivity contribution in [1.29, 1.82) is 0 Å². The van der Waals surface area contributed by atoms with E-state index in [1.165, 1.54) is 3.57 Å². The third kappa shape index (κ3) is 5.85. The molecule has 2 aromatic rings. The number of carboxylic acid groups (broad SMARTS) is 1. The molecule has 0 aliphatic carbocycles. The summed E-state index contributed by atoms with van der Waals surface area (Å²) in [6.45, 7) is 0.684. The standard InChI is InChI=1S/C17H18INO2/c18-15-8-6-13(7-9-15)10-16(11-17(20)21)19-12-14-4-2-1-3-5-14/h1-9,16,19H,10-12H2,(H,20,21)/t16-/m0/s1. The average Bonchev–Trinajstić information content (AvgIpc) is 2.48. The number of benzene rings is 2. The Balaban J connectivity index is 1.97. The van der Waals surface area contributed by atoms with Gasteiger partial charge in [0.1, 0.15) is 0 Å². The number of nitrogens with one attached hydrogen (secondary N) is 1. The first-order valence-corrected chi connectivity index (χ1v) is 7.95. The van der Waals surface area contributed by atoms with E-state index >= 15 is 0 Å². The van der Waals surface area contributed by atoms with Crippen molar-refractivity contribution >= 4 is 28.6 Å². The van der Waals surface area contributed by atoms with Crippen LogP contribution in [0.25, 0.3) is 0 Å². The van der Waals surface area contributed by atoms with E-state index in [1.54, 1.807) is 0 Å². The summed E-state index contributed by atoms with van der Waals surface area (Å²) in [5.74, 6) is -0.772. The van der Waals surface area contributed by atoms with Gasteiger partial charge < -0.3 is 10.4 Å². The zero-order chi connectivity index (χ0) is 15.1. The second kappa shape index (κ2) is 8.14. The second-order valence-electron chi connectivity index (χ2n) is 4.99. The molecule has 2 aromatic carbocycles. The first-order chi connectivity index (χ1) is 10.1. The van der Waals surface area contributed by atoms with Gasteiger partial charge in [0.25, 0.3) is 0 Å². The Bertz CT molecular complexity index is 569. The van der Waals surface area contributed by atoms with Crippen molar-refractivity contribution in [2.75, 3.05) is 0 Å². The number of halogens is 1.